The number of nitrogens with one attached hydrogen (secondary N) is 1. The molecule has 0 spiro atoms. The molecule has 8 nitrogen and oxygen atoms in total. The average Bonchev–Trinajstić information content (AvgIpc) is 3.01. The monoisotopic (exact) mass is 477 g/mol. The number of fused-ring (bicyclic) bond motifs is 3. The van der Waals surface area contributed by atoms with Crippen molar-refractivity contribution in [1.82, 2.24) is 5.32 Å². The van der Waals surface area contributed by atoms with Crippen molar-refractivity contribution >= 4 is 39.1 Å². The molecule has 2 aliphatic rings. The van der Waals surface area contributed by atoms with E-state index in [4.69, 9.17) is 21.1 Å². The lowest BCUT2D eigenvalue weighted by molar-refractivity contribution is 0.0947. The summed E-state index contributed by atoms with van der Waals surface area (Å²) in [5, 5.41) is 2.91. The van der Waals surface area contributed by atoms with Crippen LogP contribution in [0.25, 0.3) is 0 Å². The fourth-order valence-corrected chi connectivity index (χ4v) is 5.28. The van der Waals surface area contributed by atoms with Crippen LogP contribution in [0.15, 0.2) is 45.7 Å². The van der Waals surface area contributed by atoms with Gasteiger partial charge in [-0.1, -0.05) is 18.0 Å². The third kappa shape index (κ3) is 4.68. The van der Waals surface area contributed by atoms with Crippen molar-refractivity contribution < 1.29 is 22.7 Å². The first-order chi connectivity index (χ1) is 15.4. The molecule has 2 aliphatic heterocycles. The quantitative estimate of drug-likeness (QED) is 0.638. The summed E-state index contributed by atoms with van der Waals surface area (Å²) < 4.78 is 40.2. The van der Waals surface area contributed by atoms with Gasteiger partial charge < -0.3 is 19.7 Å². The molecule has 4 rings (SSSR count). The molecule has 0 saturated carbocycles. The molecule has 1 N–H and O–H groups in total. The number of hydrogen-bond acceptors (Lipinski definition) is 6. The number of amidine groups is 1. The Balaban J connectivity index is 1.46. The van der Waals surface area contributed by atoms with E-state index < -0.39 is 15.9 Å². The van der Waals surface area contributed by atoms with Gasteiger partial charge in [0.1, 0.15) is 28.8 Å². The van der Waals surface area contributed by atoms with Crippen LogP contribution in [-0.2, 0) is 10.0 Å². The Morgan fingerprint density at radius 3 is 2.66 bits per heavy atom. The maximum absolute atomic E-state index is 12.8. The highest BCUT2D eigenvalue weighted by Crippen LogP contribution is 2.37. The summed E-state index contributed by atoms with van der Waals surface area (Å²) in [6, 6.07) is 9.96. The van der Waals surface area contributed by atoms with Crippen LogP contribution in [0.3, 0.4) is 0 Å². The van der Waals surface area contributed by atoms with E-state index in [0.29, 0.717) is 30.2 Å². The largest absolute Gasteiger partial charge is 0.497 e. The second kappa shape index (κ2) is 9.38. The fraction of sp³-hybridized carbons (Fsp3) is 0.364. The molecule has 0 radical (unpaired) electrons. The number of ether oxygens (including phenoxy) is 2. The number of halogens is 1. The molecule has 0 bridgehead atoms. The van der Waals surface area contributed by atoms with Crippen molar-refractivity contribution in [2.45, 2.75) is 30.6 Å². The summed E-state index contributed by atoms with van der Waals surface area (Å²) in [7, 11) is -2.31. The molecule has 2 aromatic rings. The standard InChI is InChI=1S/C22H24ClN3O5S/c1-30-15-6-8-16(9-7-15)31-12-10-24-22(27)17-13-20-19(14-18(17)23)26-11-4-2-3-5-21(26)25-32(20,28)29/h6-9,13-14H,2-5,10-12H2,1H3,(H,24,27). The lowest BCUT2D eigenvalue weighted by Crippen LogP contribution is -2.36. The van der Waals surface area contributed by atoms with E-state index in [9.17, 15) is 13.2 Å². The molecule has 0 aromatic heterocycles. The van der Waals surface area contributed by atoms with Gasteiger partial charge in [-0.25, -0.2) is 0 Å². The maximum atomic E-state index is 12.8. The van der Waals surface area contributed by atoms with Crippen LogP contribution in [0, 0.1) is 0 Å². The number of rotatable bonds is 6. The molecular weight excluding hydrogens is 454 g/mol. The molecule has 2 heterocycles. The van der Waals surface area contributed by atoms with Gasteiger partial charge in [0.25, 0.3) is 15.9 Å². The number of benzene rings is 2. The minimum absolute atomic E-state index is 0.00665. The summed E-state index contributed by atoms with van der Waals surface area (Å²) in [6.07, 6.45) is 3.45. The van der Waals surface area contributed by atoms with E-state index in [1.54, 1.807) is 37.4 Å². The number of carbonyl (C=O) groups is 1. The van der Waals surface area contributed by atoms with E-state index >= 15 is 0 Å². The van der Waals surface area contributed by atoms with Crippen molar-refractivity contribution in [2.75, 3.05) is 31.7 Å². The van der Waals surface area contributed by atoms with Crippen molar-refractivity contribution in [1.29, 1.82) is 0 Å². The average molecular weight is 478 g/mol. The fourth-order valence-electron chi connectivity index (χ4n) is 3.77. The van der Waals surface area contributed by atoms with Crippen LogP contribution in [-0.4, -0.2) is 47.0 Å². The highest BCUT2D eigenvalue weighted by Gasteiger charge is 2.33. The van der Waals surface area contributed by atoms with Crippen LogP contribution in [0.5, 0.6) is 11.5 Å². The zero-order chi connectivity index (χ0) is 22.7. The highest BCUT2D eigenvalue weighted by molar-refractivity contribution is 7.90. The Morgan fingerprint density at radius 2 is 1.91 bits per heavy atom. The Labute approximate surface area is 192 Å². The molecule has 170 valence electrons. The van der Waals surface area contributed by atoms with Crippen molar-refractivity contribution in [3.8, 4) is 11.5 Å². The zero-order valence-corrected chi connectivity index (χ0v) is 19.2. The normalized spacial score (nSPS) is 16.8. The van der Waals surface area contributed by atoms with E-state index in [1.165, 1.54) is 6.07 Å². The minimum Gasteiger partial charge on any atom is -0.497 e. The summed E-state index contributed by atoms with van der Waals surface area (Å²) >= 11 is 6.39. The second-order valence-electron chi connectivity index (χ2n) is 7.52. The Kier molecular flexibility index (Phi) is 6.57. The number of anilines is 1. The topological polar surface area (TPSA) is 97.3 Å². The first kappa shape index (κ1) is 22.4. The minimum atomic E-state index is -3.90. The molecule has 1 fully saturated rings. The predicted octanol–water partition coefficient (Wildman–Crippen LogP) is 3.64. The smallest absolute Gasteiger partial charge is 0.286 e. The molecule has 1 saturated heterocycles. The Morgan fingerprint density at radius 1 is 1.16 bits per heavy atom. The third-order valence-electron chi connectivity index (χ3n) is 5.40. The van der Waals surface area contributed by atoms with E-state index in [1.807, 2.05) is 4.90 Å². The van der Waals surface area contributed by atoms with E-state index in [2.05, 4.69) is 9.71 Å². The number of carbonyl (C=O) groups excluding carboxylic acids is 1. The summed E-state index contributed by atoms with van der Waals surface area (Å²) in [5.74, 6) is 1.43. The van der Waals surface area contributed by atoms with Crippen LogP contribution in [0.1, 0.15) is 36.0 Å². The van der Waals surface area contributed by atoms with E-state index in [0.717, 1.165) is 25.0 Å². The molecule has 10 heteroatoms. The van der Waals surface area contributed by atoms with Gasteiger partial charge in [-0.2, -0.15) is 8.42 Å². The van der Waals surface area contributed by atoms with Gasteiger partial charge in [0.2, 0.25) is 0 Å². The number of sulfonamides is 1. The zero-order valence-electron chi connectivity index (χ0n) is 17.6. The van der Waals surface area contributed by atoms with Gasteiger partial charge in [-0.15, -0.1) is 4.40 Å². The number of nitrogens with zero attached hydrogens (tertiary/aromatic N) is 2. The van der Waals surface area contributed by atoms with Crippen molar-refractivity contribution in [3.63, 3.8) is 0 Å². The number of methoxy groups -OCH3 is 1. The van der Waals surface area contributed by atoms with Crippen molar-refractivity contribution in [3.05, 3.63) is 47.0 Å². The van der Waals surface area contributed by atoms with Gasteiger partial charge in [-0.3, -0.25) is 4.79 Å². The summed E-state index contributed by atoms with van der Waals surface area (Å²) in [4.78, 5) is 14.6. The predicted molar refractivity (Wildman–Crippen MR) is 123 cm³/mol. The summed E-state index contributed by atoms with van der Waals surface area (Å²) in [5.41, 5.74) is 0.577. The molecule has 32 heavy (non-hydrogen) atoms. The molecule has 0 aliphatic carbocycles. The Hall–Kier alpha value is -2.78. The first-order valence-corrected chi connectivity index (χ1v) is 12.2. The van der Waals surface area contributed by atoms with Gasteiger partial charge in [0.15, 0.2) is 0 Å². The number of hydrogen-bond donors (Lipinski definition) is 1. The first-order valence-electron chi connectivity index (χ1n) is 10.4. The molecule has 2 aromatic carbocycles. The lowest BCUT2D eigenvalue weighted by Gasteiger charge is -2.30. The third-order valence-corrected chi connectivity index (χ3v) is 7.04. The van der Waals surface area contributed by atoms with Gasteiger partial charge in [0, 0.05) is 13.0 Å². The van der Waals surface area contributed by atoms with Gasteiger partial charge in [0.05, 0.1) is 29.9 Å². The lowest BCUT2D eigenvalue weighted by atomic mass is 10.1. The SMILES string of the molecule is COc1ccc(OCCNC(=O)c2cc3c(cc2Cl)N2CCCCCC2=NS3(=O)=O)cc1. The molecule has 0 unspecified atom stereocenters. The van der Waals surface area contributed by atoms with Gasteiger partial charge in [-0.05, 0) is 49.2 Å². The maximum Gasteiger partial charge on any atom is 0.286 e. The second-order valence-corrected chi connectivity index (χ2v) is 9.50. The van der Waals surface area contributed by atoms with Crippen LogP contribution >= 0.6 is 11.6 Å². The Bertz CT molecular complexity index is 1150. The van der Waals surface area contributed by atoms with Crippen molar-refractivity contribution in [2.24, 2.45) is 4.40 Å². The van der Waals surface area contributed by atoms with Crippen LogP contribution < -0.4 is 19.7 Å². The number of amides is 1. The van der Waals surface area contributed by atoms with Gasteiger partial charge >= 0.3 is 0 Å². The molecule has 1 amide bonds. The van der Waals surface area contributed by atoms with E-state index in [-0.39, 0.29) is 28.6 Å². The van der Waals surface area contributed by atoms with Crippen LogP contribution in [0.2, 0.25) is 5.02 Å². The highest BCUT2D eigenvalue weighted by atomic mass is 35.5. The summed E-state index contributed by atoms with van der Waals surface area (Å²) in [6.45, 7) is 1.13. The van der Waals surface area contributed by atoms with Crippen LogP contribution in [0.4, 0.5) is 5.69 Å². The molecular formula is C22H24ClN3O5S. The molecule has 0 atom stereocenters.